The molecule has 2 nitrogen and oxygen atoms in total. The smallest absolute Gasteiger partial charge is 0.119 e. The molecule has 0 unspecified atom stereocenters. The normalized spacial score (nSPS) is 9.88. The van der Waals surface area contributed by atoms with E-state index >= 15 is 0 Å². The zero-order valence-electron chi connectivity index (χ0n) is 9.53. The van der Waals surface area contributed by atoms with Crippen LogP contribution >= 0.6 is 0 Å². The van der Waals surface area contributed by atoms with Crippen molar-refractivity contribution in [3.05, 3.63) is 48.5 Å². The molecule has 2 aromatic rings. The van der Waals surface area contributed by atoms with Crippen LogP contribution in [-0.2, 0) is 0 Å². The van der Waals surface area contributed by atoms with Crippen LogP contribution in [0.2, 0.25) is 0 Å². The average Bonchev–Trinajstić information content (AvgIpc) is 2.39. The molecule has 0 fully saturated rings. The fraction of sp³-hybridized carbons (Fsp3) is 0.143. The molecule has 0 radical (unpaired) electrons. The van der Waals surface area contributed by atoms with Crippen molar-refractivity contribution in [3.63, 3.8) is 0 Å². The first-order chi connectivity index (χ1) is 7.83. The largest absolute Gasteiger partial charge is 0.497 e. The van der Waals surface area contributed by atoms with Gasteiger partial charge in [-0.05, 0) is 35.4 Å². The Morgan fingerprint density at radius 3 is 2.31 bits per heavy atom. The van der Waals surface area contributed by atoms with Gasteiger partial charge in [-0.15, -0.1) is 0 Å². The number of ether oxygens (including phenoxy) is 1. The molecular weight excluding hydrogens is 198 g/mol. The van der Waals surface area contributed by atoms with Gasteiger partial charge in [-0.25, -0.2) is 0 Å². The van der Waals surface area contributed by atoms with E-state index in [-0.39, 0.29) is 0 Å². The number of hydrogen-bond acceptors (Lipinski definition) is 2. The fourth-order valence-electron chi connectivity index (χ4n) is 1.63. The first-order valence-electron chi connectivity index (χ1n) is 5.26. The fourth-order valence-corrected chi connectivity index (χ4v) is 1.63. The van der Waals surface area contributed by atoms with E-state index in [1.165, 1.54) is 11.1 Å². The van der Waals surface area contributed by atoms with Gasteiger partial charge in [-0.1, -0.05) is 24.3 Å². The first kappa shape index (κ1) is 10.6. The van der Waals surface area contributed by atoms with Crippen molar-refractivity contribution in [3.8, 4) is 16.9 Å². The van der Waals surface area contributed by atoms with Gasteiger partial charge in [-0.3, -0.25) is 0 Å². The Balaban J connectivity index is 2.34. The molecule has 0 bridgehead atoms. The van der Waals surface area contributed by atoms with E-state index in [2.05, 4.69) is 35.6 Å². The van der Waals surface area contributed by atoms with Crippen LogP contribution in [0.3, 0.4) is 0 Å². The molecule has 16 heavy (non-hydrogen) atoms. The second-order valence-electron chi connectivity index (χ2n) is 3.56. The standard InChI is InChI=1S/C14H15NO/c1-15-13-8-6-11(7-9-13)12-4-3-5-14(10-12)16-2/h3-10,15H,1-2H3. The van der Waals surface area contributed by atoms with E-state index in [0.717, 1.165) is 11.4 Å². The summed E-state index contributed by atoms with van der Waals surface area (Å²) in [5.74, 6) is 0.884. The van der Waals surface area contributed by atoms with Gasteiger partial charge in [0.25, 0.3) is 0 Å². The summed E-state index contributed by atoms with van der Waals surface area (Å²) < 4.78 is 5.21. The summed E-state index contributed by atoms with van der Waals surface area (Å²) in [4.78, 5) is 0. The van der Waals surface area contributed by atoms with E-state index in [4.69, 9.17) is 4.74 Å². The van der Waals surface area contributed by atoms with Crippen LogP contribution in [-0.4, -0.2) is 14.2 Å². The van der Waals surface area contributed by atoms with Crippen LogP contribution < -0.4 is 10.1 Å². The minimum atomic E-state index is 0.884. The number of methoxy groups -OCH3 is 1. The second-order valence-corrected chi connectivity index (χ2v) is 3.56. The molecule has 0 saturated heterocycles. The van der Waals surface area contributed by atoms with Crippen molar-refractivity contribution in [2.75, 3.05) is 19.5 Å². The number of anilines is 1. The zero-order chi connectivity index (χ0) is 11.4. The molecule has 82 valence electrons. The van der Waals surface area contributed by atoms with Crippen molar-refractivity contribution >= 4 is 5.69 Å². The molecular formula is C14H15NO. The van der Waals surface area contributed by atoms with Crippen molar-refractivity contribution in [1.29, 1.82) is 0 Å². The highest BCUT2D eigenvalue weighted by Crippen LogP contribution is 2.24. The first-order valence-corrected chi connectivity index (χ1v) is 5.26. The summed E-state index contributed by atoms with van der Waals surface area (Å²) in [6.45, 7) is 0. The quantitative estimate of drug-likeness (QED) is 0.843. The van der Waals surface area contributed by atoms with Gasteiger partial charge >= 0.3 is 0 Å². The third-order valence-corrected chi connectivity index (χ3v) is 2.58. The summed E-state index contributed by atoms with van der Waals surface area (Å²) in [5, 5.41) is 3.10. The molecule has 0 aromatic heterocycles. The summed E-state index contributed by atoms with van der Waals surface area (Å²) in [7, 11) is 3.60. The maximum absolute atomic E-state index is 5.21. The molecule has 0 aliphatic rings. The minimum Gasteiger partial charge on any atom is -0.497 e. The van der Waals surface area contributed by atoms with E-state index in [9.17, 15) is 0 Å². The molecule has 2 aromatic carbocycles. The van der Waals surface area contributed by atoms with Crippen LogP contribution in [0, 0.1) is 0 Å². The highest BCUT2D eigenvalue weighted by Gasteiger charge is 1.99. The Hall–Kier alpha value is -1.96. The van der Waals surface area contributed by atoms with Crippen LogP contribution in [0.15, 0.2) is 48.5 Å². The maximum Gasteiger partial charge on any atom is 0.119 e. The predicted molar refractivity (Wildman–Crippen MR) is 68.0 cm³/mol. The number of rotatable bonds is 3. The van der Waals surface area contributed by atoms with Gasteiger partial charge in [0.15, 0.2) is 0 Å². The predicted octanol–water partition coefficient (Wildman–Crippen LogP) is 3.40. The third kappa shape index (κ3) is 2.16. The highest BCUT2D eigenvalue weighted by atomic mass is 16.5. The molecule has 1 N–H and O–H groups in total. The van der Waals surface area contributed by atoms with Gasteiger partial charge in [0.05, 0.1) is 7.11 Å². The molecule has 2 rings (SSSR count). The van der Waals surface area contributed by atoms with Crippen molar-refractivity contribution in [2.24, 2.45) is 0 Å². The van der Waals surface area contributed by atoms with Crippen molar-refractivity contribution < 1.29 is 4.74 Å². The lowest BCUT2D eigenvalue weighted by atomic mass is 10.1. The van der Waals surface area contributed by atoms with Gasteiger partial charge in [0, 0.05) is 12.7 Å². The topological polar surface area (TPSA) is 21.3 Å². The Bertz CT molecular complexity index is 462. The molecule has 0 amide bonds. The summed E-state index contributed by atoms with van der Waals surface area (Å²) >= 11 is 0. The van der Waals surface area contributed by atoms with E-state index in [0.29, 0.717) is 0 Å². The molecule has 0 aliphatic carbocycles. The minimum absolute atomic E-state index is 0.884. The number of benzene rings is 2. The van der Waals surface area contributed by atoms with Crippen molar-refractivity contribution in [2.45, 2.75) is 0 Å². The molecule has 2 heteroatoms. The Kier molecular flexibility index (Phi) is 3.10. The van der Waals surface area contributed by atoms with Gasteiger partial charge in [-0.2, -0.15) is 0 Å². The zero-order valence-corrected chi connectivity index (χ0v) is 9.53. The van der Waals surface area contributed by atoms with Gasteiger partial charge in [0.2, 0.25) is 0 Å². The van der Waals surface area contributed by atoms with E-state index in [1.54, 1.807) is 7.11 Å². The number of hydrogen-bond donors (Lipinski definition) is 1. The van der Waals surface area contributed by atoms with Crippen LogP contribution in [0.4, 0.5) is 5.69 Å². The average molecular weight is 213 g/mol. The van der Waals surface area contributed by atoms with Crippen LogP contribution in [0.1, 0.15) is 0 Å². The monoisotopic (exact) mass is 213 g/mol. The van der Waals surface area contributed by atoms with Crippen LogP contribution in [0.25, 0.3) is 11.1 Å². The molecule has 0 atom stereocenters. The molecule has 0 spiro atoms. The second kappa shape index (κ2) is 4.71. The number of nitrogens with one attached hydrogen (secondary N) is 1. The van der Waals surface area contributed by atoms with Gasteiger partial charge in [0.1, 0.15) is 5.75 Å². The Labute approximate surface area is 95.9 Å². The maximum atomic E-state index is 5.21. The summed E-state index contributed by atoms with van der Waals surface area (Å²) in [6.07, 6.45) is 0. The lowest BCUT2D eigenvalue weighted by Gasteiger charge is -2.06. The summed E-state index contributed by atoms with van der Waals surface area (Å²) in [6, 6.07) is 16.4. The third-order valence-electron chi connectivity index (χ3n) is 2.58. The van der Waals surface area contributed by atoms with Crippen LogP contribution in [0.5, 0.6) is 5.75 Å². The molecule has 0 aliphatic heterocycles. The van der Waals surface area contributed by atoms with Gasteiger partial charge < -0.3 is 10.1 Å². The Morgan fingerprint density at radius 1 is 0.938 bits per heavy atom. The van der Waals surface area contributed by atoms with Crippen molar-refractivity contribution in [1.82, 2.24) is 0 Å². The van der Waals surface area contributed by atoms with E-state index < -0.39 is 0 Å². The summed E-state index contributed by atoms with van der Waals surface area (Å²) in [5.41, 5.74) is 3.48. The molecule has 0 heterocycles. The van der Waals surface area contributed by atoms with E-state index in [1.807, 2.05) is 25.2 Å². The molecule has 0 saturated carbocycles. The highest BCUT2D eigenvalue weighted by molar-refractivity contribution is 5.67. The SMILES string of the molecule is CNc1ccc(-c2cccc(OC)c2)cc1. The Morgan fingerprint density at radius 2 is 1.69 bits per heavy atom. The lowest BCUT2D eigenvalue weighted by Crippen LogP contribution is -1.87. The lowest BCUT2D eigenvalue weighted by molar-refractivity contribution is 0.415.